The molecule has 0 amide bonds. The zero-order valence-corrected chi connectivity index (χ0v) is 11.2. The number of benzene rings is 1. The summed E-state index contributed by atoms with van der Waals surface area (Å²) in [5.41, 5.74) is 2.14. The third-order valence-corrected chi connectivity index (χ3v) is 3.56. The minimum absolute atomic E-state index is 0.109. The second-order valence-corrected chi connectivity index (χ2v) is 4.89. The molecule has 1 aromatic rings. The van der Waals surface area contributed by atoms with Crippen molar-refractivity contribution in [2.75, 3.05) is 33.8 Å². The maximum absolute atomic E-state index is 13.2. The van der Waals surface area contributed by atoms with Gasteiger partial charge in [-0.15, -0.1) is 0 Å². The Hall–Kier alpha value is -0.970. The summed E-state index contributed by atoms with van der Waals surface area (Å²) in [7, 11) is 4.02. The van der Waals surface area contributed by atoms with Crippen LogP contribution in [0.2, 0.25) is 0 Å². The average molecular weight is 252 g/mol. The van der Waals surface area contributed by atoms with Crippen molar-refractivity contribution >= 4 is 0 Å². The van der Waals surface area contributed by atoms with Crippen molar-refractivity contribution < 1.29 is 9.13 Å². The zero-order valence-electron chi connectivity index (χ0n) is 11.2. The van der Waals surface area contributed by atoms with Gasteiger partial charge in [-0.1, -0.05) is 6.07 Å². The average Bonchev–Trinajstić information content (AvgIpc) is 2.31. The van der Waals surface area contributed by atoms with Crippen LogP contribution in [0.5, 0.6) is 0 Å². The van der Waals surface area contributed by atoms with Gasteiger partial charge in [-0.05, 0) is 44.3 Å². The van der Waals surface area contributed by atoms with E-state index >= 15 is 0 Å². The van der Waals surface area contributed by atoms with Crippen molar-refractivity contribution in [3.8, 4) is 0 Å². The van der Waals surface area contributed by atoms with Crippen LogP contribution in [0.25, 0.3) is 0 Å². The summed E-state index contributed by atoms with van der Waals surface area (Å²) in [5, 5.41) is 3.16. The Morgan fingerprint density at radius 1 is 1.50 bits per heavy atom. The highest BCUT2D eigenvalue weighted by Gasteiger charge is 2.31. The van der Waals surface area contributed by atoms with Gasteiger partial charge in [-0.3, -0.25) is 4.90 Å². The van der Waals surface area contributed by atoms with Crippen LogP contribution in [0.3, 0.4) is 0 Å². The highest BCUT2D eigenvalue weighted by Crippen LogP contribution is 2.30. The van der Waals surface area contributed by atoms with Gasteiger partial charge in [-0.2, -0.15) is 0 Å². The van der Waals surface area contributed by atoms with Gasteiger partial charge in [0.2, 0.25) is 0 Å². The molecule has 2 rings (SSSR count). The van der Waals surface area contributed by atoms with Crippen LogP contribution in [0, 0.1) is 12.7 Å². The van der Waals surface area contributed by atoms with Gasteiger partial charge in [-0.25, -0.2) is 4.39 Å². The molecule has 2 atom stereocenters. The molecule has 3 nitrogen and oxygen atoms in total. The number of ether oxygens (including phenoxy) is 1. The molecule has 1 N–H and O–H groups in total. The van der Waals surface area contributed by atoms with Gasteiger partial charge in [0.15, 0.2) is 0 Å². The SMILES string of the molecule is CNCC1OCCN(C)C1c1ccc(F)cc1C. The van der Waals surface area contributed by atoms with Gasteiger partial charge in [0.05, 0.1) is 18.8 Å². The first kappa shape index (κ1) is 13.5. The van der Waals surface area contributed by atoms with Crippen molar-refractivity contribution in [3.63, 3.8) is 0 Å². The van der Waals surface area contributed by atoms with Crippen LogP contribution in [-0.2, 0) is 4.74 Å². The quantitative estimate of drug-likeness (QED) is 0.886. The highest BCUT2D eigenvalue weighted by atomic mass is 19.1. The largest absolute Gasteiger partial charge is 0.374 e. The third kappa shape index (κ3) is 2.71. The van der Waals surface area contributed by atoms with Gasteiger partial charge < -0.3 is 10.1 Å². The first-order chi connectivity index (χ1) is 8.63. The van der Waals surface area contributed by atoms with Crippen LogP contribution in [0.4, 0.5) is 4.39 Å². The first-order valence-corrected chi connectivity index (χ1v) is 6.36. The molecular formula is C14H21FN2O. The fourth-order valence-electron chi connectivity index (χ4n) is 2.64. The Balaban J connectivity index is 2.31. The van der Waals surface area contributed by atoms with Gasteiger partial charge in [0.1, 0.15) is 5.82 Å². The molecule has 1 saturated heterocycles. The molecule has 0 aromatic heterocycles. The van der Waals surface area contributed by atoms with Crippen molar-refractivity contribution in [1.82, 2.24) is 10.2 Å². The minimum Gasteiger partial charge on any atom is -0.374 e. The molecule has 1 fully saturated rings. The van der Waals surface area contributed by atoms with Crippen LogP contribution in [0.15, 0.2) is 18.2 Å². The third-order valence-electron chi connectivity index (χ3n) is 3.56. The summed E-state index contributed by atoms with van der Waals surface area (Å²) >= 11 is 0. The lowest BCUT2D eigenvalue weighted by atomic mass is 9.94. The summed E-state index contributed by atoms with van der Waals surface area (Å²) in [6, 6.07) is 5.19. The van der Waals surface area contributed by atoms with Crippen LogP contribution >= 0.6 is 0 Å². The van der Waals surface area contributed by atoms with E-state index in [2.05, 4.69) is 17.3 Å². The van der Waals surface area contributed by atoms with Crippen molar-refractivity contribution in [2.45, 2.75) is 19.1 Å². The molecule has 0 saturated carbocycles. The van der Waals surface area contributed by atoms with E-state index in [1.807, 2.05) is 20.0 Å². The van der Waals surface area contributed by atoms with Crippen molar-refractivity contribution in [3.05, 3.63) is 35.1 Å². The Bertz CT molecular complexity index is 409. The number of morpholine rings is 1. The lowest BCUT2D eigenvalue weighted by Crippen LogP contribution is -2.47. The predicted molar refractivity (Wildman–Crippen MR) is 70.2 cm³/mol. The van der Waals surface area contributed by atoms with Crippen LogP contribution in [0.1, 0.15) is 17.2 Å². The molecule has 0 aliphatic carbocycles. The van der Waals surface area contributed by atoms with E-state index < -0.39 is 0 Å². The molecule has 1 aliphatic heterocycles. The molecule has 1 aliphatic rings. The second-order valence-electron chi connectivity index (χ2n) is 4.89. The standard InChI is InChI=1S/C14H21FN2O/c1-10-8-11(15)4-5-12(10)14-13(9-16-2)18-7-6-17(14)3/h4-5,8,13-14,16H,6-7,9H2,1-3H3. The summed E-state index contributed by atoms with van der Waals surface area (Å²) < 4.78 is 19.0. The van der Waals surface area contributed by atoms with Crippen LogP contribution in [-0.4, -0.2) is 44.8 Å². The summed E-state index contributed by atoms with van der Waals surface area (Å²) in [5.74, 6) is -0.180. The predicted octanol–water partition coefficient (Wildman–Crippen LogP) is 1.73. The smallest absolute Gasteiger partial charge is 0.123 e. The Kier molecular flexibility index (Phi) is 4.32. The number of halogens is 1. The second kappa shape index (κ2) is 5.78. The number of hydrogen-bond acceptors (Lipinski definition) is 3. The van der Waals surface area contributed by atoms with Gasteiger partial charge >= 0.3 is 0 Å². The molecule has 100 valence electrons. The van der Waals surface area contributed by atoms with E-state index in [0.29, 0.717) is 0 Å². The lowest BCUT2D eigenvalue weighted by molar-refractivity contribution is -0.0608. The lowest BCUT2D eigenvalue weighted by Gasteiger charge is -2.40. The molecule has 2 unspecified atom stereocenters. The van der Waals surface area contributed by atoms with E-state index in [9.17, 15) is 4.39 Å². The van der Waals surface area contributed by atoms with Crippen molar-refractivity contribution in [2.24, 2.45) is 0 Å². The normalized spacial score (nSPS) is 25.3. The molecule has 18 heavy (non-hydrogen) atoms. The number of aryl methyl sites for hydroxylation is 1. The summed E-state index contributed by atoms with van der Waals surface area (Å²) in [6.45, 7) is 4.41. The first-order valence-electron chi connectivity index (χ1n) is 6.36. The van der Waals surface area contributed by atoms with Crippen molar-refractivity contribution in [1.29, 1.82) is 0 Å². The molecule has 1 aromatic carbocycles. The monoisotopic (exact) mass is 252 g/mol. The number of rotatable bonds is 3. The topological polar surface area (TPSA) is 24.5 Å². The van der Waals surface area contributed by atoms with E-state index in [4.69, 9.17) is 4.74 Å². The van der Waals surface area contributed by atoms with E-state index in [1.165, 1.54) is 6.07 Å². The number of nitrogens with one attached hydrogen (secondary N) is 1. The zero-order chi connectivity index (χ0) is 13.1. The molecule has 1 heterocycles. The Morgan fingerprint density at radius 2 is 2.28 bits per heavy atom. The van der Waals surface area contributed by atoms with E-state index in [1.54, 1.807) is 6.07 Å². The van der Waals surface area contributed by atoms with E-state index in [0.717, 1.165) is 30.8 Å². The van der Waals surface area contributed by atoms with Crippen LogP contribution < -0.4 is 5.32 Å². The fourth-order valence-corrected chi connectivity index (χ4v) is 2.64. The molecule has 0 radical (unpaired) electrons. The number of nitrogens with zero attached hydrogens (tertiary/aromatic N) is 1. The molecule has 0 bridgehead atoms. The fraction of sp³-hybridized carbons (Fsp3) is 0.571. The molecule has 4 heteroatoms. The maximum atomic E-state index is 13.2. The van der Waals surface area contributed by atoms with Gasteiger partial charge in [0, 0.05) is 13.1 Å². The minimum atomic E-state index is -0.180. The maximum Gasteiger partial charge on any atom is 0.123 e. The van der Waals surface area contributed by atoms with Gasteiger partial charge in [0.25, 0.3) is 0 Å². The summed E-state index contributed by atoms with van der Waals surface area (Å²) in [6.07, 6.45) is 0.109. The Labute approximate surface area is 108 Å². The number of hydrogen-bond donors (Lipinski definition) is 1. The highest BCUT2D eigenvalue weighted by molar-refractivity contribution is 5.30. The Morgan fingerprint density at radius 3 is 2.94 bits per heavy atom. The molecular weight excluding hydrogens is 231 g/mol. The van der Waals surface area contributed by atoms with E-state index in [-0.39, 0.29) is 18.0 Å². The number of likely N-dealkylation sites (N-methyl/N-ethyl adjacent to an activating group) is 2. The summed E-state index contributed by atoms with van der Waals surface area (Å²) in [4.78, 5) is 2.28. The molecule has 0 spiro atoms.